The number of aromatic nitrogens is 1. The Morgan fingerprint density at radius 3 is 2.32 bits per heavy atom. The summed E-state index contributed by atoms with van der Waals surface area (Å²) in [4.78, 5) is 6.77. The maximum atomic E-state index is 5.82. The lowest BCUT2D eigenvalue weighted by Gasteiger charge is -2.35. The molecule has 2 atom stereocenters. The molecule has 28 heavy (non-hydrogen) atoms. The highest BCUT2D eigenvalue weighted by Gasteiger charge is 2.21. The molecule has 1 aromatic carbocycles. The number of morpholine rings is 1. The summed E-state index contributed by atoms with van der Waals surface area (Å²) in [6.45, 7) is 9.79. The number of ether oxygens (including phenoxy) is 1. The van der Waals surface area contributed by atoms with Crippen LogP contribution < -0.4 is 10.6 Å². The first-order chi connectivity index (χ1) is 13.6. The van der Waals surface area contributed by atoms with Crippen LogP contribution in [0.25, 0.3) is 0 Å². The largest absolute Gasteiger partial charge is 0.373 e. The van der Waals surface area contributed by atoms with Crippen molar-refractivity contribution in [3.05, 3.63) is 59.9 Å². The summed E-state index contributed by atoms with van der Waals surface area (Å²) < 4.78 is 7.97. The average molecular weight is 384 g/mol. The Bertz CT molecular complexity index is 716. The van der Waals surface area contributed by atoms with Crippen molar-refractivity contribution in [3.63, 3.8) is 0 Å². The summed E-state index contributed by atoms with van der Waals surface area (Å²) >= 11 is 0. The molecule has 1 fully saturated rings. The third-order valence-electron chi connectivity index (χ3n) is 4.94. The lowest BCUT2D eigenvalue weighted by atomic mass is 10.1. The van der Waals surface area contributed by atoms with Gasteiger partial charge < -0.3 is 19.9 Å². The molecule has 2 heterocycles. The Kier molecular flexibility index (Phi) is 7.51. The molecule has 6 nitrogen and oxygen atoms in total. The van der Waals surface area contributed by atoms with E-state index in [2.05, 4.69) is 75.6 Å². The molecule has 1 aromatic heterocycles. The van der Waals surface area contributed by atoms with E-state index in [1.165, 1.54) is 11.1 Å². The predicted molar refractivity (Wildman–Crippen MR) is 114 cm³/mol. The van der Waals surface area contributed by atoms with Gasteiger partial charge in [-0.25, -0.2) is 0 Å². The van der Waals surface area contributed by atoms with Gasteiger partial charge in [-0.1, -0.05) is 24.3 Å². The Balaban J connectivity index is 1.41. The first kappa shape index (κ1) is 20.4. The fourth-order valence-corrected chi connectivity index (χ4v) is 3.66. The molecule has 0 bridgehead atoms. The van der Waals surface area contributed by atoms with E-state index < -0.39 is 0 Å². The van der Waals surface area contributed by atoms with Crippen molar-refractivity contribution in [2.45, 2.75) is 45.7 Å². The Labute approximate surface area is 168 Å². The number of hydrogen-bond donors (Lipinski definition) is 2. The van der Waals surface area contributed by atoms with Crippen LogP contribution in [0, 0.1) is 0 Å². The second-order valence-corrected chi connectivity index (χ2v) is 7.54. The van der Waals surface area contributed by atoms with Crippen LogP contribution in [0.15, 0.2) is 53.8 Å². The molecule has 0 radical (unpaired) electrons. The lowest BCUT2D eigenvalue weighted by Crippen LogP contribution is -2.44. The van der Waals surface area contributed by atoms with Gasteiger partial charge in [-0.15, -0.1) is 0 Å². The number of nitrogens with one attached hydrogen (secondary N) is 2. The molecule has 6 heteroatoms. The fourth-order valence-electron chi connectivity index (χ4n) is 3.66. The lowest BCUT2D eigenvalue weighted by molar-refractivity contribution is -0.0704. The van der Waals surface area contributed by atoms with E-state index in [0.717, 1.165) is 45.2 Å². The molecule has 2 unspecified atom stereocenters. The van der Waals surface area contributed by atoms with Crippen molar-refractivity contribution in [1.82, 2.24) is 20.1 Å². The summed E-state index contributed by atoms with van der Waals surface area (Å²) in [5.74, 6) is 0.826. The van der Waals surface area contributed by atoms with Gasteiger partial charge in [0.05, 0.1) is 12.2 Å². The normalized spacial score (nSPS) is 20.9. The van der Waals surface area contributed by atoms with Crippen LogP contribution in [0.4, 0.5) is 0 Å². The van der Waals surface area contributed by atoms with Crippen LogP contribution >= 0.6 is 0 Å². The van der Waals surface area contributed by atoms with E-state index in [4.69, 9.17) is 4.74 Å². The van der Waals surface area contributed by atoms with Gasteiger partial charge >= 0.3 is 0 Å². The van der Waals surface area contributed by atoms with Crippen LogP contribution in [-0.4, -0.2) is 54.3 Å². The molecule has 1 aliphatic rings. The molecule has 2 aromatic rings. The second-order valence-electron chi connectivity index (χ2n) is 7.54. The summed E-state index contributed by atoms with van der Waals surface area (Å²) in [6.07, 6.45) is 4.75. The van der Waals surface area contributed by atoms with E-state index in [9.17, 15) is 0 Å². The number of nitrogens with zero attached hydrogens (tertiary/aromatic N) is 3. The molecule has 152 valence electrons. The third kappa shape index (κ3) is 6.39. The van der Waals surface area contributed by atoms with E-state index in [-0.39, 0.29) is 0 Å². The quantitative estimate of drug-likeness (QED) is 0.570. The van der Waals surface area contributed by atoms with Crippen LogP contribution in [0.3, 0.4) is 0 Å². The molecular weight excluding hydrogens is 350 g/mol. The van der Waals surface area contributed by atoms with Crippen LogP contribution in [-0.2, 0) is 24.4 Å². The Morgan fingerprint density at radius 1 is 1.04 bits per heavy atom. The Hall–Kier alpha value is -2.31. The highest BCUT2D eigenvalue weighted by atomic mass is 16.5. The first-order valence-electron chi connectivity index (χ1n) is 10.1. The van der Waals surface area contributed by atoms with Crippen LogP contribution in [0.5, 0.6) is 0 Å². The minimum atomic E-state index is 0.309. The van der Waals surface area contributed by atoms with Gasteiger partial charge in [0.1, 0.15) is 0 Å². The van der Waals surface area contributed by atoms with Crippen molar-refractivity contribution >= 4 is 5.96 Å². The van der Waals surface area contributed by atoms with Crippen molar-refractivity contribution in [3.8, 4) is 0 Å². The SMILES string of the molecule is CN=C(NCCn1cccc1)NCc1ccc(CN2CC(C)OC(C)C2)cc1. The third-order valence-corrected chi connectivity index (χ3v) is 4.94. The van der Waals surface area contributed by atoms with Crippen molar-refractivity contribution in [2.75, 3.05) is 26.7 Å². The molecule has 0 amide bonds. The zero-order chi connectivity index (χ0) is 19.8. The number of guanidine groups is 1. The van der Waals surface area contributed by atoms with Crippen molar-refractivity contribution in [1.29, 1.82) is 0 Å². The maximum absolute atomic E-state index is 5.82. The van der Waals surface area contributed by atoms with Crippen LogP contribution in [0.1, 0.15) is 25.0 Å². The summed E-state index contributed by atoms with van der Waals surface area (Å²) in [5, 5.41) is 6.73. The topological polar surface area (TPSA) is 53.8 Å². The molecule has 2 N–H and O–H groups in total. The summed E-state index contributed by atoms with van der Waals surface area (Å²) in [7, 11) is 1.80. The molecule has 3 rings (SSSR count). The predicted octanol–water partition coefficient (Wildman–Crippen LogP) is 2.46. The minimum absolute atomic E-state index is 0.309. The zero-order valence-corrected chi connectivity index (χ0v) is 17.3. The molecule has 0 spiro atoms. The highest BCUT2D eigenvalue weighted by Crippen LogP contribution is 2.14. The van der Waals surface area contributed by atoms with E-state index in [1.54, 1.807) is 7.05 Å². The molecular formula is C22H33N5O. The van der Waals surface area contributed by atoms with Crippen LogP contribution in [0.2, 0.25) is 0 Å². The van der Waals surface area contributed by atoms with Gasteiger partial charge in [0.15, 0.2) is 5.96 Å². The Morgan fingerprint density at radius 2 is 1.68 bits per heavy atom. The van der Waals surface area contributed by atoms with Gasteiger partial charge in [0.2, 0.25) is 0 Å². The number of benzene rings is 1. The van der Waals surface area contributed by atoms with Gasteiger partial charge in [0, 0.05) is 58.7 Å². The zero-order valence-electron chi connectivity index (χ0n) is 17.3. The van der Waals surface area contributed by atoms with Gasteiger partial charge in [-0.05, 0) is 37.1 Å². The molecule has 0 saturated carbocycles. The van der Waals surface area contributed by atoms with Crippen molar-refractivity contribution < 1.29 is 4.74 Å². The number of hydrogen-bond acceptors (Lipinski definition) is 3. The molecule has 1 saturated heterocycles. The second kappa shape index (κ2) is 10.3. The van der Waals surface area contributed by atoms with Gasteiger partial charge in [-0.3, -0.25) is 9.89 Å². The standard InChI is InChI=1S/C22H33N5O/c1-18-15-27(16-19(2)28-18)17-21-8-6-20(7-9-21)14-25-22(23-3)24-10-13-26-11-4-5-12-26/h4-9,11-12,18-19H,10,13-17H2,1-3H3,(H2,23,24,25). The van der Waals surface area contributed by atoms with Gasteiger partial charge in [0.25, 0.3) is 0 Å². The fraction of sp³-hybridized carbons (Fsp3) is 0.500. The maximum Gasteiger partial charge on any atom is 0.191 e. The minimum Gasteiger partial charge on any atom is -0.373 e. The first-order valence-corrected chi connectivity index (χ1v) is 10.1. The van der Waals surface area contributed by atoms with E-state index in [0.29, 0.717) is 12.2 Å². The van der Waals surface area contributed by atoms with E-state index in [1.807, 2.05) is 12.1 Å². The average Bonchev–Trinajstić information content (AvgIpc) is 3.18. The van der Waals surface area contributed by atoms with Gasteiger partial charge in [-0.2, -0.15) is 0 Å². The number of aliphatic imine (C=N–C) groups is 1. The monoisotopic (exact) mass is 383 g/mol. The number of rotatable bonds is 7. The summed E-state index contributed by atoms with van der Waals surface area (Å²) in [6, 6.07) is 12.9. The highest BCUT2D eigenvalue weighted by molar-refractivity contribution is 5.79. The van der Waals surface area contributed by atoms with E-state index >= 15 is 0 Å². The molecule has 1 aliphatic heterocycles. The smallest absolute Gasteiger partial charge is 0.191 e. The van der Waals surface area contributed by atoms with Crippen molar-refractivity contribution in [2.24, 2.45) is 4.99 Å². The molecule has 0 aliphatic carbocycles. The summed E-state index contributed by atoms with van der Waals surface area (Å²) in [5.41, 5.74) is 2.60.